The fourth-order valence-electron chi connectivity index (χ4n) is 2.64. The molecule has 0 bridgehead atoms. The highest BCUT2D eigenvalue weighted by Crippen LogP contribution is 2.26. The van der Waals surface area contributed by atoms with E-state index in [9.17, 15) is 18.0 Å². The largest absolute Gasteiger partial charge is 0.393 e. The summed E-state index contributed by atoms with van der Waals surface area (Å²) in [6, 6.07) is 4.59. The van der Waals surface area contributed by atoms with E-state index in [4.69, 9.17) is 4.52 Å². The number of carbonyl (C=O) groups is 1. The lowest BCUT2D eigenvalue weighted by atomic mass is 9.93. The predicted octanol–water partition coefficient (Wildman–Crippen LogP) is 3.53. The van der Waals surface area contributed by atoms with Gasteiger partial charge in [-0.15, -0.1) is 0 Å². The van der Waals surface area contributed by atoms with Crippen molar-refractivity contribution < 1.29 is 22.5 Å². The summed E-state index contributed by atoms with van der Waals surface area (Å²) in [5, 5.41) is 7.35. The summed E-state index contributed by atoms with van der Waals surface area (Å²) >= 11 is 0. The number of nitrogens with zero attached hydrogens (tertiary/aromatic N) is 1. The summed E-state index contributed by atoms with van der Waals surface area (Å²) in [5.74, 6) is -0.0581. The molecule has 1 amide bonds. The Kier molecular flexibility index (Phi) is 4.28. The van der Waals surface area contributed by atoms with E-state index in [2.05, 4.69) is 10.5 Å². The van der Waals surface area contributed by atoms with Crippen LogP contribution in [0.4, 0.5) is 13.2 Å². The van der Waals surface area contributed by atoms with Crippen LogP contribution in [0, 0.1) is 0 Å². The topological polar surface area (TPSA) is 55.1 Å². The zero-order valence-corrected chi connectivity index (χ0v) is 12.4. The zero-order chi connectivity index (χ0) is 16.4. The number of benzene rings is 1. The first-order valence-electron chi connectivity index (χ1n) is 7.64. The minimum absolute atomic E-state index is 0.0581. The Morgan fingerprint density at radius 3 is 2.78 bits per heavy atom. The van der Waals surface area contributed by atoms with Crippen LogP contribution in [0.25, 0.3) is 11.0 Å². The Bertz CT molecular complexity index is 705. The van der Waals surface area contributed by atoms with Gasteiger partial charge < -0.3 is 9.84 Å². The molecule has 3 rings (SSSR count). The Balaban J connectivity index is 1.67. The van der Waals surface area contributed by atoms with Crippen LogP contribution < -0.4 is 5.32 Å². The minimum Gasteiger partial charge on any atom is -0.356 e. The Morgan fingerprint density at radius 1 is 1.35 bits per heavy atom. The lowest BCUT2D eigenvalue weighted by Gasteiger charge is -2.26. The summed E-state index contributed by atoms with van der Waals surface area (Å²) in [5.41, 5.74) is 1.12. The van der Waals surface area contributed by atoms with Gasteiger partial charge in [0.25, 0.3) is 0 Å². The van der Waals surface area contributed by atoms with Gasteiger partial charge in [0.2, 0.25) is 5.91 Å². The van der Waals surface area contributed by atoms with Crippen molar-refractivity contribution in [1.82, 2.24) is 10.5 Å². The highest BCUT2D eigenvalue weighted by molar-refractivity contribution is 5.81. The molecule has 0 aliphatic heterocycles. The van der Waals surface area contributed by atoms with Crippen molar-refractivity contribution in [3.05, 3.63) is 29.5 Å². The molecule has 124 valence electrons. The van der Waals surface area contributed by atoms with Gasteiger partial charge in [-0.2, -0.15) is 13.2 Å². The Hall–Kier alpha value is -2.05. The van der Waals surface area contributed by atoms with Gasteiger partial charge in [0.1, 0.15) is 0 Å². The van der Waals surface area contributed by atoms with Crippen molar-refractivity contribution in [2.45, 2.75) is 50.7 Å². The molecule has 1 heterocycles. The number of amides is 1. The molecule has 7 heteroatoms. The molecule has 0 spiro atoms. The van der Waals surface area contributed by atoms with E-state index in [-0.39, 0.29) is 23.9 Å². The number of carbonyl (C=O) groups excluding carboxylic acids is 1. The number of hydrogen-bond acceptors (Lipinski definition) is 3. The maximum Gasteiger partial charge on any atom is 0.393 e. The molecule has 1 aliphatic carbocycles. The average Bonchev–Trinajstić information content (AvgIpc) is 2.81. The number of alkyl halides is 3. The molecule has 0 atom stereocenters. The highest BCUT2D eigenvalue weighted by Gasteiger charge is 2.28. The molecule has 23 heavy (non-hydrogen) atoms. The quantitative estimate of drug-likeness (QED) is 0.914. The SMILES string of the molecule is O=C(CCc1noc2ccc(CC(F)(F)F)cc12)NC1CCC1. The van der Waals surface area contributed by atoms with E-state index in [1.165, 1.54) is 18.2 Å². The van der Waals surface area contributed by atoms with Crippen LogP contribution in [0.1, 0.15) is 36.9 Å². The second-order valence-corrected chi connectivity index (χ2v) is 5.95. The molecule has 1 aliphatic rings. The van der Waals surface area contributed by atoms with E-state index in [0.29, 0.717) is 23.1 Å². The third kappa shape index (κ3) is 4.03. The van der Waals surface area contributed by atoms with Crippen LogP contribution in [-0.4, -0.2) is 23.3 Å². The molecular weight excluding hydrogens is 309 g/mol. The summed E-state index contributed by atoms with van der Waals surface area (Å²) in [4.78, 5) is 11.8. The van der Waals surface area contributed by atoms with Gasteiger partial charge in [-0.3, -0.25) is 4.79 Å². The number of rotatable bonds is 5. The third-order valence-electron chi connectivity index (χ3n) is 4.07. The monoisotopic (exact) mass is 326 g/mol. The summed E-state index contributed by atoms with van der Waals surface area (Å²) in [7, 11) is 0. The van der Waals surface area contributed by atoms with Crippen LogP contribution in [0.3, 0.4) is 0 Å². The van der Waals surface area contributed by atoms with Gasteiger partial charge in [-0.25, -0.2) is 0 Å². The smallest absolute Gasteiger partial charge is 0.356 e. The van der Waals surface area contributed by atoms with Gasteiger partial charge in [-0.05, 0) is 37.0 Å². The number of nitrogens with one attached hydrogen (secondary N) is 1. The van der Waals surface area contributed by atoms with Crippen molar-refractivity contribution in [2.75, 3.05) is 0 Å². The number of hydrogen-bond donors (Lipinski definition) is 1. The fraction of sp³-hybridized carbons (Fsp3) is 0.500. The second-order valence-electron chi connectivity index (χ2n) is 5.95. The summed E-state index contributed by atoms with van der Waals surface area (Å²) in [6.45, 7) is 0. The van der Waals surface area contributed by atoms with E-state index in [0.717, 1.165) is 19.3 Å². The molecule has 4 nitrogen and oxygen atoms in total. The first kappa shape index (κ1) is 15.8. The highest BCUT2D eigenvalue weighted by atomic mass is 19.4. The number of aromatic nitrogens is 1. The van der Waals surface area contributed by atoms with Crippen molar-refractivity contribution in [3.8, 4) is 0 Å². The van der Waals surface area contributed by atoms with Crippen LogP contribution in [0.15, 0.2) is 22.7 Å². The average molecular weight is 326 g/mol. The van der Waals surface area contributed by atoms with E-state index in [1.54, 1.807) is 0 Å². The van der Waals surface area contributed by atoms with Gasteiger partial charge in [0.05, 0.1) is 12.1 Å². The first-order chi connectivity index (χ1) is 10.9. The van der Waals surface area contributed by atoms with Crippen LogP contribution in [-0.2, 0) is 17.6 Å². The fourth-order valence-corrected chi connectivity index (χ4v) is 2.64. The molecule has 1 fully saturated rings. The maximum absolute atomic E-state index is 12.5. The molecule has 0 unspecified atom stereocenters. The van der Waals surface area contributed by atoms with E-state index < -0.39 is 12.6 Å². The number of aryl methyl sites for hydroxylation is 1. The van der Waals surface area contributed by atoms with Gasteiger partial charge >= 0.3 is 6.18 Å². The third-order valence-corrected chi connectivity index (χ3v) is 4.07. The summed E-state index contributed by atoms with van der Waals surface area (Å²) in [6.07, 6.45) is -1.48. The van der Waals surface area contributed by atoms with Gasteiger partial charge in [0, 0.05) is 24.3 Å². The lowest BCUT2D eigenvalue weighted by molar-refractivity contribution is -0.127. The Morgan fingerprint density at radius 2 is 2.13 bits per heavy atom. The molecule has 0 saturated heterocycles. The van der Waals surface area contributed by atoms with Gasteiger partial charge in [-0.1, -0.05) is 11.2 Å². The molecule has 1 N–H and O–H groups in total. The maximum atomic E-state index is 12.5. The minimum atomic E-state index is -4.26. The van der Waals surface area contributed by atoms with Crippen molar-refractivity contribution in [2.24, 2.45) is 0 Å². The first-order valence-corrected chi connectivity index (χ1v) is 7.64. The summed E-state index contributed by atoms with van der Waals surface area (Å²) < 4.78 is 42.6. The zero-order valence-electron chi connectivity index (χ0n) is 12.4. The van der Waals surface area contributed by atoms with Crippen molar-refractivity contribution in [3.63, 3.8) is 0 Å². The number of halogens is 3. The van der Waals surface area contributed by atoms with Crippen molar-refractivity contribution in [1.29, 1.82) is 0 Å². The molecular formula is C16H17F3N2O2. The van der Waals surface area contributed by atoms with Crippen LogP contribution in [0.5, 0.6) is 0 Å². The second kappa shape index (κ2) is 6.22. The predicted molar refractivity (Wildman–Crippen MR) is 77.9 cm³/mol. The van der Waals surface area contributed by atoms with Crippen LogP contribution in [0.2, 0.25) is 0 Å². The molecule has 1 aromatic carbocycles. The standard InChI is InChI=1S/C16H17F3N2O2/c17-16(18,19)9-10-4-6-14-12(8-10)13(21-23-14)5-7-15(22)20-11-2-1-3-11/h4,6,8,11H,1-3,5,7,9H2,(H,20,22). The normalized spacial score (nSPS) is 15.6. The lowest BCUT2D eigenvalue weighted by Crippen LogP contribution is -2.39. The molecule has 1 aromatic heterocycles. The van der Waals surface area contributed by atoms with Crippen molar-refractivity contribution >= 4 is 16.9 Å². The van der Waals surface area contributed by atoms with Crippen LogP contribution >= 0.6 is 0 Å². The molecule has 2 aromatic rings. The molecule has 0 radical (unpaired) electrons. The van der Waals surface area contributed by atoms with E-state index >= 15 is 0 Å². The Labute approximate surface area is 131 Å². The van der Waals surface area contributed by atoms with Gasteiger partial charge in [0.15, 0.2) is 5.58 Å². The molecule has 1 saturated carbocycles. The van der Waals surface area contributed by atoms with E-state index in [1.807, 2.05) is 0 Å². The number of fused-ring (bicyclic) bond motifs is 1.